The van der Waals surface area contributed by atoms with E-state index in [0.29, 0.717) is 24.2 Å². The van der Waals surface area contributed by atoms with Crippen LogP contribution in [0.25, 0.3) is 0 Å². The predicted molar refractivity (Wildman–Crippen MR) is 100 cm³/mol. The minimum absolute atomic E-state index is 0. The van der Waals surface area contributed by atoms with Crippen LogP contribution in [0.15, 0.2) is 60.8 Å². The first kappa shape index (κ1) is 20.3. The lowest BCUT2D eigenvalue weighted by atomic mass is 10.2. The number of nitrogens with two attached hydrogens (primary N) is 1. The summed E-state index contributed by atoms with van der Waals surface area (Å²) in [7, 11) is 0. The van der Waals surface area contributed by atoms with Crippen LogP contribution < -0.4 is 15.8 Å². The number of carbonyl (C=O) groups excluding carboxylic acids is 1. The Hall–Kier alpha value is -3.03. The molecule has 27 heavy (non-hydrogen) atoms. The highest BCUT2D eigenvalue weighted by Gasteiger charge is 2.11. The van der Waals surface area contributed by atoms with E-state index < -0.39 is 17.5 Å². The topological polar surface area (TPSA) is 77.2 Å². The first-order valence-electron chi connectivity index (χ1n) is 7.74. The van der Waals surface area contributed by atoms with Crippen molar-refractivity contribution in [2.24, 2.45) is 5.73 Å². The molecule has 3 aromatic rings. The number of nitrogens with zero attached hydrogens (tertiary/aromatic N) is 1. The second-order valence-electron chi connectivity index (χ2n) is 5.41. The molecule has 0 bridgehead atoms. The maximum atomic E-state index is 13.7. The van der Waals surface area contributed by atoms with Crippen molar-refractivity contribution in [1.82, 2.24) is 4.98 Å². The summed E-state index contributed by atoms with van der Waals surface area (Å²) in [4.78, 5) is 16.4. The minimum atomic E-state index is -0.853. The molecule has 3 N–H and O–H groups in total. The van der Waals surface area contributed by atoms with Crippen LogP contribution in [0.1, 0.15) is 15.9 Å². The van der Waals surface area contributed by atoms with Crippen LogP contribution in [0.2, 0.25) is 0 Å². The molecule has 0 atom stereocenters. The van der Waals surface area contributed by atoms with Crippen molar-refractivity contribution in [3.63, 3.8) is 0 Å². The first-order valence-corrected chi connectivity index (χ1v) is 7.74. The van der Waals surface area contributed by atoms with Crippen LogP contribution in [-0.4, -0.2) is 10.9 Å². The molecule has 2 aromatic carbocycles. The number of pyridine rings is 1. The molecule has 0 fully saturated rings. The molecule has 0 radical (unpaired) electrons. The molecule has 0 aliphatic rings. The Balaban J connectivity index is 0.00000261. The van der Waals surface area contributed by atoms with Crippen LogP contribution in [-0.2, 0) is 6.54 Å². The molecule has 0 aliphatic heterocycles. The van der Waals surface area contributed by atoms with Crippen LogP contribution in [0.4, 0.5) is 14.5 Å². The van der Waals surface area contributed by atoms with Crippen molar-refractivity contribution in [2.45, 2.75) is 6.54 Å². The van der Waals surface area contributed by atoms with Gasteiger partial charge >= 0.3 is 0 Å². The fourth-order valence-electron chi connectivity index (χ4n) is 2.24. The van der Waals surface area contributed by atoms with Gasteiger partial charge in [0.1, 0.15) is 17.4 Å². The van der Waals surface area contributed by atoms with Crippen molar-refractivity contribution in [2.75, 3.05) is 5.32 Å². The molecular formula is C19H16ClF2N3O2. The highest BCUT2D eigenvalue weighted by Crippen LogP contribution is 2.22. The van der Waals surface area contributed by atoms with Gasteiger partial charge in [-0.3, -0.25) is 4.79 Å². The fraction of sp³-hybridized carbons (Fsp3) is 0.0526. The van der Waals surface area contributed by atoms with Crippen molar-refractivity contribution in [3.8, 4) is 11.6 Å². The minimum Gasteiger partial charge on any atom is -0.439 e. The summed E-state index contributed by atoms with van der Waals surface area (Å²) in [5.74, 6) is -1.39. The number of halogens is 3. The number of benzene rings is 2. The molecule has 1 heterocycles. The molecule has 1 aromatic heterocycles. The molecule has 0 aliphatic carbocycles. The summed E-state index contributed by atoms with van der Waals surface area (Å²) in [5, 5.41) is 2.39. The molecule has 0 spiro atoms. The van der Waals surface area contributed by atoms with Crippen molar-refractivity contribution in [3.05, 3.63) is 83.6 Å². The average molecular weight is 392 g/mol. The Morgan fingerprint density at radius 1 is 1.11 bits per heavy atom. The van der Waals surface area contributed by atoms with Gasteiger partial charge in [-0.05, 0) is 42.0 Å². The zero-order valence-electron chi connectivity index (χ0n) is 14.0. The van der Waals surface area contributed by atoms with E-state index in [-0.39, 0.29) is 23.7 Å². The zero-order chi connectivity index (χ0) is 18.5. The van der Waals surface area contributed by atoms with Gasteiger partial charge in [0.05, 0.1) is 5.69 Å². The Morgan fingerprint density at radius 3 is 2.67 bits per heavy atom. The molecule has 0 saturated carbocycles. The van der Waals surface area contributed by atoms with Gasteiger partial charge in [0.2, 0.25) is 5.88 Å². The summed E-state index contributed by atoms with van der Waals surface area (Å²) in [6, 6.07) is 12.7. The number of aromatic nitrogens is 1. The van der Waals surface area contributed by atoms with E-state index in [9.17, 15) is 13.6 Å². The zero-order valence-corrected chi connectivity index (χ0v) is 14.8. The summed E-state index contributed by atoms with van der Waals surface area (Å²) >= 11 is 0. The van der Waals surface area contributed by atoms with Gasteiger partial charge in [-0.25, -0.2) is 13.8 Å². The lowest BCUT2D eigenvalue weighted by Crippen LogP contribution is -2.13. The lowest BCUT2D eigenvalue weighted by Gasteiger charge is -2.09. The second-order valence-corrected chi connectivity index (χ2v) is 5.41. The Bertz CT molecular complexity index is 954. The SMILES string of the molecule is Cl.NCc1ccnc(Oc2cccc(C(=O)Nc3ccc(F)cc3F)c2)c1. The lowest BCUT2D eigenvalue weighted by molar-refractivity contribution is 0.102. The third-order valence-corrected chi connectivity index (χ3v) is 3.53. The van der Waals surface area contributed by atoms with Gasteiger partial charge in [-0.15, -0.1) is 12.4 Å². The van der Waals surface area contributed by atoms with Gasteiger partial charge in [-0.1, -0.05) is 6.07 Å². The standard InChI is InChI=1S/C19H15F2N3O2.ClH/c20-14-4-5-17(16(21)10-14)24-19(25)13-2-1-3-15(9-13)26-18-8-12(11-22)6-7-23-18;/h1-10H,11,22H2,(H,24,25);1H. The quantitative estimate of drug-likeness (QED) is 0.680. The van der Waals surface area contributed by atoms with E-state index in [0.717, 1.165) is 17.7 Å². The fourth-order valence-corrected chi connectivity index (χ4v) is 2.24. The van der Waals surface area contributed by atoms with Crippen molar-refractivity contribution < 1.29 is 18.3 Å². The maximum absolute atomic E-state index is 13.7. The van der Waals surface area contributed by atoms with Crippen LogP contribution in [0.3, 0.4) is 0 Å². The molecule has 0 saturated heterocycles. The van der Waals surface area contributed by atoms with Gasteiger partial charge in [0.25, 0.3) is 5.91 Å². The van der Waals surface area contributed by atoms with Gasteiger partial charge < -0.3 is 15.8 Å². The van der Waals surface area contributed by atoms with E-state index >= 15 is 0 Å². The molecule has 3 rings (SSSR count). The highest BCUT2D eigenvalue weighted by molar-refractivity contribution is 6.04. The normalized spacial score (nSPS) is 10.0. The number of amides is 1. The number of anilines is 1. The molecular weight excluding hydrogens is 376 g/mol. The van der Waals surface area contributed by atoms with Crippen LogP contribution in [0.5, 0.6) is 11.6 Å². The number of rotatable bonds is 5. The molecule has 140 valence electrons. The average Bonchev–Trinajstić information content (AvgIpc) is 2.64. The third kappa shape index (κ3) is 5.22. The Morgan fingerprint density at radius 2 is 1.93 bits per heavy atom. The molecule has 5 nitrogen and oxygen atoms in total. The van der Waals surface area contributed by atoms with Crippen LogP contribution >= 0.6 is 12.4 Å². The van der Waals surface area contributed by atoms with E-state index in [1.165, 1.54) is 6.07 Å². The Labute approximate surface area is 160 Å². The van der Waals surface area contributed by atoms with Gasteiger partial charge in [0.15, 0.2) is 0 Å². The maximum Gasteiger partial charge on any atom is 0.255 e. The number of nitrogens with one attached hydrogen (secondary N) is 1. The predicted octanol–water partition coefficient (Wildman–Crippen LogP) is 4.28. The van der Waals surface area contributed by atoms with E-state index in [4.69, 9.17) is 10.5 Å². The Kier molecular flexibility index (Phi) is 6.81. The van der Waals surface area contributed by atoms with Gasteiger partial charge in [-0.2, -0.15) is 0 Å². The van der Waals surface area contributed by atoms with E-state index in [1.54, 1.807) is 36.5 Å². The molecule has 1 amide bonds. The van der Waals surface area contributed by atoms with E-state index in [1.807, 2.05) is 0 Å². The van der Waals surface area contributed by atoms with Crippen molar-refractivity contribution in [1.29, 1.82) is 0 Å². The highest BCUT2D eigenvalue weighted by atomic mass is 35.5. The second kappa shape index (κ2) is 9.07. The third-order valence-electron chi connectivity index (χ3n) is 3.53. The summed E-state index contributed by atoms with van der Waals surface area (Å²) in [6.45, 7) is 0.352. The van der Waals surface area contributed by atoms with Gasteiger partial charge in [0, 0.05) is 30.4 Å². The summed E-state index contributed by atoms with van der Waals surface area (Å²) in [6.07, 6.45) is 1.57. The molecule has 0 unspecified atom stereocenters. The monoisotopic (exact) mass is 391 g/mol. The first-order chi connectivity index (χ1) is 12.5. The largest absolute Gasteiger partial charge is 0.439 e. The van der Waals surface area contributed by atoms with E-state index in [2.05, 4.69) is 10.3 Å². The number of hydrogen-bond donors (Lipinski definition) is 2. The smallest absolute Gasteiger partial charge is 0.255 e. The number of ether oxygens (including phenoxy) is 1. The summed E-state index contributed by atoms with van der Waals surface area (Å²) < 4.78 is 32.2. The van der Waals surface area contributed by atoms with Crippen LogP contribution in [0, 0.1) is 11.6 Å². The number of carbonyl (C=O) groups is 1. The summed E-state index contributed by atoms with van der Waals surface area (Å²) in [5.41, 5.74) is 6.58. The van der Waals surface area contributed by atoms with Crippen molar-refractivity contribution >= 4 is 24.0 Å². The molecule has 8 heteroatoms. The number of hydrogen-bond acceptors (Lipinski definition) is 4.